The van der Waals surface area contributed by atoms with Gasteiger partial charge in [-0.15, -0.1) is 0 Å². The molecule has 1 heterocycles. The first-order valence-electron chi connectivity index (χ1n) is 3.40. The van der Waals surface area contributed by atoms with E-state index in [1.54, 1.807) is 0 Å². The number of H-pyrrole nitrogens is 1. The number of hydrogen-bond donors (Lipinski definition) is 2. The van der Waals surface area contributed by atoms with Crippen LogP contribution in [0.3, 0.4) is 0 Å². The molecule has 0 atom stereocenters. The molecule has 1 amide bonds. The fourth-order valence-corrected chi connectivity index (χ4v) is 1.56. The first kappa shape index (κ1) is 9.72. The summed E-state index contributed by atoms with van der Waals surface area (Å²) in [5, 5.41) is 5.95. The molecule has 0 bridgehead atoms. The number of hydrogen-bond acceptors (Lipinski definition) is 4. The van der Waals surface area contributed by atoms with E-state index in [1.807, 2.05) is 0 Å². The zero-order valence-corrected chi connectivity index (χ0v) is 7.76. The van der Waals surface area contributed by atoms with Gasteiger partial charge in [0.15, 0.2) is 9.84 Å². The predicted octanol–water partition coefficient (Wildman–Crippen LogP) is -0.947. The van der Waals surface area contributed by atoms with Gasteiger partial charge < -0.3 is 5.73 Å². The first-order chi connectivity index (χ1) is 5.88. The van der Waals surface area contributed by atoms with Gasteiger partial charge in [0.05, 0.1) is 11.4 Å². The topological polar surface area (TPSA) is 106 Å². The molecule has 1 aromatic rings. The minimum absolute atomic E-state index is 0.0404. The van der Waals surface area contributed by atoms with Crippen molar-refractivity contribution in [2.24, 2.45) is 5.73 Å². The summed E-state index contributed by atoms with van der Waals surface area (Å²) in [6, 6.07) is 1.32. The lowest BCUT2D eigenvalue weighted by Gasteiger charge is -1.91. The van der Waals surface area contributed by atoms with Crippen molar-refractivity contribution in [2.75, 3.05) is 6.26 Å². The lowest BCUT2D eigenvalue weighted by atomic mass is 10.4. The van der Waals surface area contributed by atoms with E-state index in [0.29, 0.717) is 5.69 Å². The number of carbonyl (C=O) groups is 1. The molecule has 6 nitrogen and oxygen atoms in total. The number of nitrogens with one attached hydrogen (secondary N) is 1. The van der Waals surface area contributed by atoms with Gasteiger partial charge in [-0.3, -0.25) is 9.89 Å². The van der Waals surface area contributed by atoms with Gasteiger partial charge in [-0.05, 0) is 6.07 Å². The largest absolute Gasteiger partial charge is 0.364 e. The van der Waals surface area contributed by atoms with Crippen LogP contribution in [0.5, 0.6) is 0 Å². The Bertz CT molecular complexity index is 420. The minimum atomic E-state index is -3.11. The lowest BCUT2D eigenvalue weighted by molar-refractivity contribution is 0.0995. The van der Waals surface area contributed by atoms with Crippen molar-refractivity contribution in [1.29, 1.82) is 0 Å². The van der Waals surface area contributed by atoms with Crippen LogP contribution in [0.25, 0.3) is 0 Å². The number of nitrogens with zero attached hydrogens (tertiary/aromatic N) is 1. The molecule has 0 aliphatic carbocycles. The molecule has 3 N–H and O–H groups in total. The second-order valence-corrected chi connectivity index (χ2v) is 4.85. The number of aromatic nitrogens is 2. The number of carbonyl (C=O) groups excluding carboxylic acids is 1. The molecule has 1 rings (SSSR count). The zero-order chi connectivity index (χ0) is 10.1. The average Bonchev–Trinajstić information content (AvgIpc) is 2.31. The summed E-state index contributed by atoms with van der Waals surface area (Å²) in [6.07, 6.45) is 1.10. The van der Waals surface area contributed by atoms with Crippen molar-refractivity contribution >= 4 is 15.7 Å². The molecule has 0 fully saturated rings. The van der Waals surface area contributed by atoms with E-state index < -0.39 is 15.7 Å². The fraction of sp³-hybridized carbons (Fsp3) is 0.333. The van der Waals surface area contributed by atoms with Crippen LogP contribution in [0.4, 0.5) is 0 Å². The number of rotatable bonds is 3. The minimum Gasteiger partial charge on any atom is -0.364 e. The molecule has 0 spiro atoms. The Morgan fingerprint density at radius 1 is 1.69 bits per heavy atom. The Morgan fingerprint density at radius 2 is 2.31 bits per heavy atom. The Balaban J connectivity index is 2.87. The highest BCUT2D eigenvalue weighted by Gasteiger charge is 2.10. The maximum Gasteiger partial charge on any atom is 0.269 e. The van der Waals surface area contributed by atoms with E-state index in [0.717, 1.165) is 6.26 Å². The molecule has 7 heteroatoms. The maximum atomic E-state index is 10.8. The smallest absolute Gasteiger partial charge is 0.269 e. The number of amides is 1. The van der Waals surface area contributed by atoms with E-state index in [9.17, 15) is 13.2 Å². The van der Waals surface area contributed by atoms with Gasteiger partial charge in [-0.25, -0.2) is 8.42 Å². The third-order valence-corrected chi connectivity index (χ3v) is 2.14. The van der Waals surface area contributed by atoms with E-state index in [-0.39, 0.29) is 11.4 Å². The molecule has 0 aromatic carbocycles. The highest BCUT2D eigenvalue weighted by atomic mass is 32.2. The summed E-state index contributed by atoms with van der Waals surface area (Å²) in [4.78, 5) is 10.6. The van der Waals surface area contributed by atoms with E-state index in [4.69, 9.17) is 5.73 Å². The molecule has 0 aliphatic heterocycles. The molecule has 0 radical (unpaired) electrons. The van der Waals surface area contributed by atoms with Gasteiger partial charge in [0.2, 0.25) is 0 Å². The van der Waals surface area contributed by atoms with Gasteiger partial charge in [0.1, 0.15) is 5.69 Å². The number of aromatic amines is 1. The Morgan fingerprint density at radius 3 is 2.69 bits per heavy atom. The van der Waals surface area contributed by atoms with E-state index in [1.165, 1.54) is 6.07 Å². The van der Waals surface area contributed by atoms with Crippen molar-refractivity contribution in [2.45, 2.75) is 5.75 Å². The summed E-state index contributed by atoms with van der Waals surface area (Å²) in [6.45, 7) is 0. The number of sulfone groups is 1. The average molecular weight is 203 g/mol. The van der Waals surface area contributed by atoms with Gasteiger partial charge in [0, 0.05) is 6.26 Å². The van der Waals surface area contributed by atoms with Crippen molar-refractivity contribution < 1.29 is 13.2 Å². The van der Waals surface area contributed by atoms with Gasteiger partial charge in [-0.1, -0.05) is 0 Å². The normalized spacial score (nSPS) is 11.5. The summed E-state index contributed by atoms with van der Waals surface area (Å²) in [7, 11) is -3.11. The quantitative estimate of drug-likeness (QED) is 0.660. The highest BCUT2D eigenvalue weighted by Crippen LogP contribution is 2.02. The molecule has 0 saturated heterocycles. The van der Waals surface area contributed by atoms with Crippen LogP contribution in [0, 0.1) is 0 Å². The molecule has 0 saturated carbocycles. The first-order valence-corrected chi connectivity index (χ1v) is 5.46. The molecule has 72 valence electrons. The SMILES string of the molecule is CS(=O)(=O)Cc1cc(C(N)=O)n[nH]1. The summed E-state index contributed by atoms with van der Waals surface area (Å²) < 4.78 is 21.6. The van der Waals surface area contributed by atoms with Crippen LogP contribution in [0.15, 0.2) is 6.07 Å². The molecule has 0 unspecified atom stereocenters. The number of primary amides is 1. The molecular formula is C6H9N3O3S. The predicted molar refractivity (Wildman–Crippen MR) is 45.7 cm³/mol. The third-order valence-electron chi connectivity index (χ3n) is 1.30. The monoisotopic (exact) mass is 203 g/mol. The van der Waals surface area contributed by atoms with Crippen LogP contribution in [0.2, 0.25) is 0 Å². The highest BCUT2D eigenvalue weighted by molar-refractivity contribution is 7.89. The Hall–Kier alpha value is -1.37. The Kier molecular flexibility index (Phi) is 2.37. The van der Waals surface area contributed by atoms with Crippen LogP contribution in [-0.4, -0.2) is 30.8 Å². The van der Waals surface area contributed by atoms with Crippen molar-refractivity contribution in [3.05, 3.63) is 17.5 Å². The molecule has 0 aliphatic rings. The summed E-state index contributed by atoms with van der Waals surface area (Å²) in [5.41, 5.74) is 5.32. The van der Waals surface area contributed by atoms with Crippen molar-refractivity contribution in [1.82, 2.24) is 10.2 Å². The maximum absolute atomic E-state index is 10.8. The fourth-order valence-electron chi connectivity index (χ4n) is 0.844. The van der Waals surface area contributed by atoms with Gasteiger partial charge in [0.25, 0.3) is 5.91 Å². The summed E-state index contributed by atoms with van der Waals surface area (Å²) >= 11 is 0. The van der Waals surface area contributed by atoms with Crippen LogP contribution in [0.1, 0.15) is 16.2 Å². The van der Waals surface area contributed by atoms with Gasteiger partial charge in [-0.2, -0.15) is 5.10 Å². The second-order valence-electron chi connectivity index (χ2n) is 2.71. The van der Waals surface area contributed by atoms with Crippen LogP contribution in [-0.2, 0) is 15.6 Å². The Labute approximate surface area is 75.1 Å². The summed E-state index contributed by atoms with van der Waals surface area (Å²) in [5.74, 6) is -0.858. The molecule has 13 heavy (non-hydrogen) atoms. The van der Waals surface area contributed by atoms with E-state index in [2.05, 4.69) is 10.2 Å². The van der Waals surface area contributed by atoms with Crippen molar-refractivity contribution in [3.63, 3.8) is 0 Å². The van der Waals surface area contributed by atoms with Crippen LogP contribution >= 0.6 is 0 Å². The lowest BCUT2D eigenvalue weighted by Crippen LogP contribution is -2.11. The standard InChI is InChI=1S/C6H9N3O3S/c1-13(11,12)3-4-2-5(6(7)10)9-8-4/h2H,3H2,1H3,(H2,7,10)(H,8,9). The second kappa shape index (κ2) is 3.17. The van der Waals surface area contributed by atoms with Crippen molar-refractivity contribution in [3.8, 4) is 0 Å². The van der Waals surface area contributed by atoms with Crippen LogP contribution < -0.4 is 5.73 Å². The number of nitrogens with two attached hydrogens (primary N) is 1. The molecular weight excluding hydrogens is 194 g/mol. The zero-order valence-electron chi connectivity index (χ0n) is 6.94. The van der Waals surface area contributed by atoms with Gasteiger partial charge >= 0.3 is 0 Å². The third kappa shape index (κ3) is 2.86. The van der Waals surface area contributed by atoms with E-state index >= 15 is 0 Å². The molecule has 1 aromatic heterocycles.